The fraction of sp³-hybridized carbons (Fsp3) is 0.882. The minimum Gasteiger partial charge on any atom is -0.460 e. The Balaban J connectivity index is 2.49. The van der Waals surface area contributed by atoms with Crippen LogP contribution in [-0.4, -0.2) is 99.7 Å². The Kier molecular flexibility index (Phi) is 15.4. The fourth-order valence-corrected chi connectivity index (χ4v) is 69.2. The normalized spacial score (nSPS) is 31.2. The van der Waals surface area contributed by atoms with Crippen molar-refractivity contribution in [1.82, 2.24) is 0 Å². The molecule has 0 amide bonds. The molecule has 2 aliphatic heterocycles. The topological polar surface area (TPSA) is 108 Å². The van der Waals surface area contributed by atoms with Gasteiger partial charge in [0.1, 0.15) is 11.5 Å². The van der Waals surface area contributed by atoms with Gasteiger partial charge in [-0.25, -0.2) is 9.59 Å². The molecule has 0 N–H and O–H groups in total. The van der Waals surface area contributed by atoms with Gasteiger partial charge in [-0.3, -0.25) is 0 Å². The van der Waals surface area contributed by atoms with E-state index < -0.39 is 88.5 Å². The van der Waals surface area contributed by atoms with Crippen LogP contribution in [0.4, 0.5) is 0 Å². The summed E-state index contributed by atoms with van der Waals surface area (Å²) in [5, 5.41) is 0. The van der Waals surface area contributed by atoms with Crippen molar-refractivity contribution in [2.75, 3.05) is 0 Å². The maximum atomic E-state index is 13.7. The average molecular weight is 870 g/mol. The minimum absolute atomic E-state index is 0.361. The predicted octanol–water partition coefficient (Wildman–Crippen LogP) is 9.26. The Morgan fingerprint density at radius 3 is 1.08 bits per heavy atom. The second kappa shape index (κ2) is 16.6. The molecule has 2 heterocycles. The van der Waals surface area contributed by atoms with Crippen LogP contribution in [0.5, 0.6) is 0 Å². The first-order valence-corrected chi connectivity index (χ1v) is 44.0. The third kappa shape index (κ3) is 12.8. The van der Waals surface area contributed by atoms with Crippen LogP contribution in [0.2, 0.25) is 104 Å². The van der Waals surface area contributed by atoms with Crippen LogP contribution in [0.1, 0.15) is 67.2 Å². The van der Waals surface area contributed by atoms with Gasteiger partial charge in [-0.1, -0.05) is 13.8 Å². The SMILES string of the molecule is CCC(OC(=O)C=CC(=O)OC(CC)[Si]1(O[Si](C)(C)C)CCC(C)(C)O[Si]1(C)O[Si](C)(C)C)[Si]1(O[Si](C)(C)C)CCC(C)(C)O[Si]1(C)O[Si](C)(C)C. The lowest BCUT2D eigenvalue weighted by molar-refractivity contribution is -0.143. The lowest BCUT2D eigenvalue weighted by Crippen LogP contribution is -2.80. The van der Waals surface area contributed by atoms with Crippen LogP contribution in [0, 0.1) is 0 Å². The molecule has 0 bridgehead atoms. The highest BCUT2D eigenvalue weighted by Gasteiger charge is 2.71. The number of carbonyl (C=O) groups is 2. The van der Waals surface area contributed by atoms with Crippen LogP contribution < -0.4 is 0 Å². The minimum atomic E-state index is -3.01. The van der Waals surface area contributed by atoms with E-state index in [1.54, 1.807) is 0 Å². The molecule has 0 spiro atoms. The van der Waals surface area contributed by atoms with Crippen molar-refractivity contribution in [2.45, 2.75) is 194 Å². The molecule has 0 aromatic rings. The molecule has 52 heavy (non-hydrogen) atoms. The molecule has 6 atom stereocenters. The molecule has 0 aromatic carbocycles. The summed E-state index contributed by atoms with van der Waals surface area (Å²) in [7, 11) is -20.4. The van der Waals surface area contributed by atoms with Crippen molar-refractivity contribution in [3.05, 3.63) is 12.2 Å². The number of rotatable bonds is 16. The van der Waals surface area contributed by atoms with Crippen LogP contribution in [0.25, 0.3) is 0 Å². The lowest BCUT2D eigenvalue weighted by Gasteiger charge is -2.57. The van der Waals surface area contributed by atoms with Gasteiger partial charge in [0.15, 0.2) is 33.3 Å². The van der Waals surface area contributed by atoms with Crippen molar-refractivity contribution < 1.29 is 44.4 Å². The van der Waals surface area contributed by atoms with Gasteiger partial charge in [-0.15, -0.1) is 0 Å². The highest BCUT2D eigenvalue weighted by molar-refractivity contribution is 7.38. The van der Waals surface area contributed by atoms with Gasteiger partial charge < -0.3 is 34.8 Å². The molecule has 0 aromatic heterocycles. The summed E-state index contributed by atoms with van der Waals surface area (Å²) >= 11 is 0. The van der Waals surface area contributed by atoms with E-state index in [4.69, 9.17) is 34.8 Å². The number of hydrogen-bond acceptors (Lipinski definition) is 10. The highest BCUT2D eigenvalue weighted by atomic mass is 29.3. The van der Waals surface area contributed by atoms with Crippen LogP contribution in [0.15, 0.2) is 12.2 Å². The zero-order valence-electron chi connectivity index (χ0n) is 36.6. The van der Waals surface area contributed by atoms with E-state index in [1.165, 1.54) is 12.2 Å². The van der Waals surface area contributed by atoms with Crippen molar-refractivity contribution in [3.63, 3.8) is 0 Å². The van der Waals surface area contributed by atoms with E-state index in [1.807, 2.05) is 13.8 Å². The van der Waals surface area contributed by atoms with Crippen molar-refractivity contribution >= 4 is 77.0 Å². The highest BCUT2D eigenvalue weighted by Crippen LogP contribution is 2.47. The van der Waals surface area contributed by atoms with E-state index in [2.05, 4.69) is 119 Å². The van der Waals surface area contributed by atoms with Gasteiger partial charge >= 0.3 is 28.1 Å². The zero-order chi connectivity index (χ0) is 40.6. The van der Waals surface area contributed by atoms with E-state index in [9.17, 15) is 9.59 Å². The Labute approximate surface area is 325 Å². The van der Waals surface area contributed by atoms with Crippen molar-refractivity contribution in [1.29, 1.82) is 0 Å². The van der Waals surface area contributed by atoms with Gasteiger partial charge in [0, 0.05) is 12.2 Å². The van der Waals surface area contributed by atoms with Gasteiger partial charge in [0.25, 0.3) is 15.7 Å². The third-order valence-corrected chi connectivity index (χ3v) is 52.2. The zero-order valence-corrected chi connectivity index (χ0v) is 44.6. The molecule has 0 aliphatic carbocycles. The Morgan fingerprint density at radius 1 is 0.577 bits per heavy atom. The van der Waals surface area contributed by atoms with Gasteiger partial charge in [0.05, 0.1) is 11.2 Å². The molecule has 2 rings (SSSR count). The fourth-order valence-electron chi connectivity index (χ4n) is 8.07. The quantitative estimate of drug-likeness (QED) is 0.0847. The summed E-state index contributed by atoms with van der Waals surface area (Å²) in [6.07, 6.45) is 5.15. The molecule has 6 unspecified atom stereocenters. The Hall–Kier alpha value is 0.175. The summed E-state index contributed by atoms with van der Waals surface area (Å²) in [4.78, 5) is 27.4. The van der Waals surface area contributed by atoms with Crippen LogP contribution in [-0.2, 0) is 44.4 Å². The monoisotopic (exact) mass is 868 g/mol. The average Bonchev–Trinajstić information content (AvgIpc) is 2.88. The van der Waals surface area contributed by atoms with Crippen molar-refractivity contribution in [2.24, 2.45) is 0 Å². The van der Waals surface area contributed by atoms with Crippen LogP contribution in [0.3, 0.4) is 0 Å². The number of ether oxygens (including phenoxy) is 2. The second-order valence-electron chi connectivity index (χ2n) is 20.3. The van der Waals surface area contributed by atoms with E-state index >= 15 is 0 Å². The first-order chi connectivity index (χ1) is 23.1. The molecule has 2 fully saturated rings. The summed E-state index contributed by atoms with van der Waals surface area (Å²) < 4.78 is 55.3. The number of hydrogen-bond donors (Lipinski definition) is 0. The molecule has 2 aliphatic rings. The maximum Gasteiger partial charge on any atom is 0.339 e. The smallest absolute Gasteiger partial charge is 0.339 e. The first kappa shape index (κ1) is 48.3. The van der Waals surface area contributed by atoms with E-state index in [-0.39, 0.29) is 11.2 Å². The molecule has 0 saturated carbocycles. The van der Waals surface area contributed by atoms with E-state index in [0.29, 0.717) is 12.8 Å². The molecule has 304 valence electrons. The standard InChI is InChI=1S/C34H76O10Si8/c1-21-31(51(43-47(13,14)15)27-25-33(3,4)39-49(51,19)41-45(7,8)9)37-29(35)23-24-30(36)38-32(22-2)52(44-48(16,17)18)28-26-34(5,6)40-50(52,20)42-46(10,11)12/h23-24,31-32H,21-22,25-28H2,1-20H3. The van der Waals surface area contributed by atoms with Crippen molar-refractivity contribution in [3.8, 4) is 0 Å². The Morgan fingerprint density at radius 2 is 0.846 bits per heavy atom. The maximum absolute atomic E-state index is 13.7. The number of carbonyl (C=O) groups excluding carboxylic acids is 2. The van der Waals surface area contributed by atoms with E-state index in [0.717, 1.165) is 24.9 Å². The molecular formula is C34H76O10Si8. The van der Waals surface area contributed by atoms with Crippen LogP contribution >= 0.6 is 0 Å². The molecular weight excluding hydrogens is 793 g/mol. The second-order valence-corrected chi connectivity index (χ2v) is 61.0. The molecule has 10 nitrogen and oxygen atoms in total. The first-order valence-electron chi connectivity index (χ1n) is 19.4. The summed E-state index contributed by atoms with van der Waals surface area (Å²) in [5.74, 6) is -1.18. The molecule has 0 radical (unpaired) electrons. The third-order valence-electron chi connectivity index (χ3n) is 9.31. The predicted molar refractivity (Wildman–Crippen MR) is 231 cm³/mol. The Bertz CT molecular complexity index is 1180. The summed E-state index contributed by atoms with van der Waals surface area (Å²) in [6.45, 7) is 43.0. The summed E-state index contributed by atoms with van der Waals surface area (Å²) in [5.41, 5.74) is -1.71. The lowest BCUT2D eigenvalue weighted by atomic mass is 10.1. The number of esters is 2. The van der Waals surface area contributed by atoms with Gasteiger partial charge in [-0.05, 0) is 157 Å². The van der Waals surface area contributed by atoms with Gasteiger partial charge in [-0.2, -0.15) is 0 Å². The summed E-state index contributed by atoms with van der Waals surface area (Å²) in [6, 6.07) is 1.58. The molecule has 18 heteroatoms. The molecule has 2 saturated heterocycles. The van der Waals surface area contributed by atoms with Gasteiger partial charge in [0.2, 0.25) is 0 Å². The largest absolute Gasteiger partial charge is 0.460 e.